The maximum Gasteiger partial charge on any atom is 0.221 e. The van der Waals surface area contributed by atoms with Gasteiger partial charge in [-0.05, 0) is 25.5 Å². The van der Waals surface area contributed by atoms with Gasteiger partial charge in [0.1, 0.15) is 11.3 Å². The topological polar surface area (TPSA) is 54.3 Å². The standard InChI is InChI=1S/C16H22N2O2/c1-3-9-18-16(19)8-10-17-12(2)15-11-13-6-4-5-7-14(13)20-15/h4-7,11-12,17H,3,8-10H2,1-2H3,(H,18,19). The molecule has 1 amide bonds. The first kappa shape index (κ1) is 14.6. The highest BCUT2D eigenvalue weighted by molar-refractivity contribution is 5.78. The van der Waals surface area contributed by atoms with Crippen molar-refractivity contribution < 1.29 is 9.21 Å². The smallest absolute Gasteiger partial charge is 0.221 e. The summed E-state index contributed by atoms with van der Waals surface area (Å²) in [6.45, 7) is 5.48. The molecular formula is C16H22N2O2. The zero-order valence-electron chi connectivity index (χ0n) is 12.1. The summed E-state index contributed by atoms with van der Waals surface area (Å²) in [5.41, 5.74) is 0.900. The fourth-order valence-electron chi connectivity index (χ4n) is 2.07. The molecule has 0 saturated carbocycles. The van der Waals surface area contributed by atoms with E-state index >= 15 is 0 Å². The molecule has 0 fully saturated rings. The zero-order chi connectivity index (χ0) is 14.4. The van der Waals surface area contributed by atoms with Gasteiger partial charge in [0.15, 0.2) is 0 Å². The summed E-state index contributed by atoms with van der Waals surface area (Å²) in [7, 11) is 0. The molecule has 20 heavy (non-hydrogen) atoms. The number of para-hydroxylation sites is 1. The molecule has 0 aliphatic rings. The van der Waals surface area contributed by atoms with Gasteiger partial charge in [-0.3, -0.25) is 4.79 Å². The van der Waals surface area contributed by atoms with E-state index in [2.05, 4.69) is 10.6 Å². The number of furan rings is 1. The van der Waals surface area contributed by atoms with Crippen molar-refractivity contribution in [2.75, 3.05) is 13.1 Å². The molecule has 108 valence electrons. The summed E-state index contributed by atoms with van der Waals surface area (Å²) >= 11 is 0. The third-order valence-corrected chi connectivity index (χ3v) is 3.25. The Hall–Kier alpha value is -1.81. The lowest BCUT2D eigenvalue weighted by atomic mass is 10.2. The van der Waals surface area contributed by atoms with Crippen LogP contribution in [-0.2, 0) is 4.79 Å². The van der Waals surface area contributed by atoms with Crippen LogP contribution < -0.4 is 10.6 Å². The number of hydrogen-bond acceptors (Lipinski definition) is 3. The highest BCUT2D eigenvalue weighted by Gasteiger charge is 2.11. The Labute approximate surface area is 119 Å². The monoisotopic (exact) mass is 274 g/mol. The van der Waals surface area contributed by atoms with Crippen LogP contribution in [0, 0.1) is 0 Å². The van der Waals surface area contributed by atoms with Crippen molar-refractivity contribution in [3.63, 3.8) is 0 Å². The molecular weight excluding hydrogens is 252 g/mol. The van der Waals surface area contributed by atoms with E-state index in [1.165, 1.54) is 0 Å². The molecule has 1 atom stereocenters. The van der Waals surface area contributed by atoms with E-state index in [4.69, 9.17) is 4.42 Å². The van der Waals surface area contributed by atoms with Crippen LogP contribution in [0.1, 0.15) is 38.5 Å². The summed E-state index contributed by atoms with van der Waals surface area (Å²) in [5, 5.41) is 7.29. The molecule has 1 aromatic heterocycles. The largest absolute Gasteiger partial charge is 0.459 e. The molecule has 2 N–H and O–H groups in total. The van der Waals surface area contributed by atoms with E-state index in [-0.39, 0.29) is 11.9 Å². The number of benzene rings is 1. The second kappa shape index (κ2) is 7.10. The summed E-state index contributed by atoms with van der Waals surface area (Å²) in [6, 6.07) is 10.1. The average Bonchev–Trinajstić information content (AvgIpc) is 2.89. The van der Waals surface area contributed by atoms with Crippen LogP contribution in [0.2, 0.25) is 0 Å². The van der Waals surface area contributed by atoms with Crippen molar-refractivity contribution in [3.05, 3.63) is 36.1 Å². The summed E-state index contributed by atoms with van der Waals surface area (Å²) in [6.07, 6.45) is 1.46. The van der Waals surface area contributed by atoms with Gasteiger partial charge in [0.25, 0.3) is 0 Å². The number of carbonyl (C=O) groups is 1. The van der Waals surface area contributed by atoms with Crippen LogP contribution in [0.5, 0.6) is 0 Å². The van der Waals surface area contributed by atoms with Gasteiger partial charge < -0.3 is 15.1 Å². The molecule has 0 saturated heterocycles. The van der Waals surface area contributed by atoms with Crippen molar-refractivity contribution in [1.82, 2.24) is 10.6 Å². The van der Waals surface area contributed by atoms with Crippen LogP contribution in [-0.4, -0.2) is 19.0 Å². The summed E-state index contributed by atoms with van der Waals surface area (Å²) < 4.78 is 5.79. The molecule has 4 nitrogen and oxygen atoms in total. The molecule has 0 aliphatic heterocycles. The van der Waals surface area contributed by atoms with Crippen molar-refractivity contribution in [2.24, 2.45) is 0 Å². The van der Waals surface area contributed by atoms with E-state index in [0.717, 1.165) is 29.7 Å². The van der Waals surface area contributed by atoms with E-state index in [1.54, 1.807) is 0 Å². The molecule has 4 heteroatoms. The Morgan fingerprint density at radius 1 is 1.30 bits per heavy atom. The summed E-state index contributed by atoms with van der Waals surface area (Å²) in [4.78, 5) is 11.5. The molecule has 0 spiro atoms. The van der Waals surface area contributed by atoms with Crippen molar-refractivity contribution >= 4 is 16.9 Å². The number of hydrogen-bond donors (Lipinski definition) is 2. The van der Waals surface area contributed by atoms with Crippen molar-refractivity contribution in [1.29, 1.82) is 0 Å². The normalized spacial score (nSPS) is 12.5. The van der Waals surface area contributed by atoms with E-state index in [0.29, 0.717) is 13.0 Å². The fraction of sp³-hybridized carbons (Fsp3) is 0.438. The number of carbonyl (C=O) groups excluding carboxylic acids is 1. The molecule has 0 aliphatic carbocycles. The number of amides is 1. The Morgan fingerprint density at radius 2 is 2.10 bits per heavy atom. The minimum atomic E-state index is 0.0937. The predicted molar refractivity (Wildman–Crippen MR) is 80.5 cm³/mol. The minimum Gasteiger partial charge on any atom is -0.459 e. The molecule has 1 aromatic carbocycles. The van der Waals surface area contributed by atoms with Crippen molar-refractivity contribution in [2.45, 2.75) is 32.7 Å². The van der Waals surface area contributed by atoms with Crippen LogP contribution in [0.15, 0.2) is 34.7 Å². The van der Waals surface area contributed by atoms with Gasteiger partial charge in [-0.25, -0.2) is 0 Å². The third-order valence-electron chi connectivity index (χ3n) is 3.25. The van der Waals surface area contributed by atoms with Gasteiger partial charge in [0.2, 0.25) is 5.91 Å². The third kappa shape index (κ3) is 3.84. The Morgan fingerprint density at radius 3 is 2.85 bits per heavy atom. The molecule has 1 heterocycles. The quantitative estimate of drug-likeness (QED) is 0.816. The molecule has 2 aromatic rings. The lowest BCUT2D eigenvalue weighted by Gasteiger charge is -2.11. The zero-order valence-corrected chi connectivity index (χ0v) is 12.1. The number of rotatable bonds is 7. The lowest BCUT2D eigenvalue weighted by Crippen LogP contribution is -2.29. The average molecular weight is 274 g/mol. The predicted octanol–water partition coefficient (Wildman–Crippen LogP) is 3.00. The molecule has 1 unspecified atom stereocenters. The second-order valence-electron chi connectivity index (χ2n) is 4.96. The molecule has 2 rings (SSSR count). The Kier molecular flexibility index (Phi) is 5.18. The van der Waals surface area contributed by atoms with Crippen LogP contribution in [0.3, 0.4) is 0 Å². The molecule has 0 radical (unpaired) electrons. The van der Waals surface area contributed by atoms with E-state index < -0.39 is 0 Å². The first-order valence-corrected chi connectivity index (χ1v) is 7.19. The van der Waals surface area contributed by atoms with Gasteiger partial charge in [-0.15, -0.1) is 0 Å². The first-order chi connectivity index (χ1) is 9.70. The van der Waals surface area contributed by atoms with Gasteiger partial charge >= 0.3 is 0 Å². The van der Waals surface area contributed by atoms with Gasteiger partial charge in [0, 0.05) is 24.9 Å². The Bertz CT molecular complexity index is 529. The maximum absolute atomic E-state index is 11.5. The summed E-state index contributed by atoms with van der Waals surface area (Å²) in [5.74, 6) is 0.997. The number of fused-ring (bicyclic) bond motifs is 1. The maximum atomic E-state index is 11.5. The van der Waals surface area contributed by atoms with Crippen LogP contribution in [0.25, 0.3) is 11.0 Å². The van der Waals surface area contributed by atoms with Gasteiger partial charge in [0.05, 0.1) is 6.04 Å². The first-order valence-electron chi connectivity index (χ1n) is 7.19. The highest BCUT2D eigenvalue weighted by atomic mass is 16.3. The van der Waals surface area contributed by atoms with Crippen LogP contribution >= 0.6 is 0 Å². The van der Waals surface area contributed by atoms with E-state index in [9.17, 15) is 4.79 Å². The number of nitrogens with one attached hydrogen (secondary N) is 2. The van der Waals surface area contributed by atoms with Crippen molar-refractivity contribution in [3.8, 4) is 0 Å². The van der Waals surface area contributed by atoms with Gasteiger partial charge in [-0.2, -0.15) is 0 Å². The molecule has 0 bridgehead atoms. The Balaban J connectivity index is 1.82. The van der Waals surface area contributed by atoms with E-state index in [1.807, 2.05) is 44.2 Å². The lowest BCUT2D eigenvalue weighted by molar-refractivity contribution is -0.121. The van der Waals surface area contributed by atoms with Crippen LogP contribution in [0.4, 0.5) is 0 Å². The second-order valence-corrected chi connectivity index (χ2v) is 4.96. The minimum absolute atomic E-state index is 0.0937. The van der Waals surface area contributed by atoms with Gasteiger partial charge in [-0.1, -0.05) is 25.1 Å². The fourth-order valence-corrected chi connectivity index (χ4v) is 2.07. The SMILES string of the molecule is CCCNC(=O)CCNC(C)c1cc2ccccc2o1. The highest BCUT2D eigenvalue weighted by Crippen LogP contribution is 2.23.